The molecule has 0 aliphatic heterocycles. The molecule has 2 N–H and O–H groups in total. The van der Waals surface area contributed by atoms with Crippen LogP contribution in [-0.4, -0.2) is 16.0 Å². The highest BCUT2D eigenvalue weighted by molar-refractivity contribution is 7.80. The third kappa shape index (κ3) is 5.65. The van der Waals surface area contributed by atoms with Gasteiger partial charge in [-0.1, -0.05) is 41.4 Å². The second-order valence-corrected chi connectivity index (χ2v) is 9.79. The molecule has 0 bridgehead atoms. The SMILES string of the molecule is Cc1ccc2oc(-c3ccc(C)c(NC(=S)NC(=O)C=Cc4ccc(-c5cccc(Cl)c5Cl)o4)c3)nc2c1. The van der Waals surface area contributed by atoms with Gasteiger partial charge < -0.3 is 14.2 Å². The van der Waals surface area contributed by atoms with Crippen molar-refractivity contribution < 1.29 is 13.6 Å². The molecule has 0 atom stereocenters. The lowest BCUT2D eigenvalue weighted by Gasteiger charge is -2.11. The molecule has 0 saturated carbocycles. The van der Waals surface area contributed by atoms with Crippen LogP contribution in [0, 0.1) is 13.8 Å². The number of anilines is 1. The minimum atomic E-state index is -0.413. The zero-order valence-corrected chi connectivity index (χ0v) is 22.7. The minimum Gasteiger partial charge on any atom is -0.457 e. The average molecular weight is 562 g/mol. The number of rotatable bonds is 5. The molecule has 0 saturated heterocycles. The summed E-state index contributed by atoms with van der Waals surface area (Å²) in [6, 6.07) is 20.4. The topological polar surface area (TPSA) is 80.3 Å². The molecule has 5 rings (SSSR count). The Morgan fingerprint density at radius 3 is 2.68 bits per heavy atom. The van der Waals surface area contributed by atoms with Gasteiger partial charge in [0.2, 0.25) is 11.8 Å². The van der Waals surface area contributed by atoms with Crippen molar-refractivity contribution >= 4 is 69.3 Å². The highest BCUT2D eigenvalue weighted by Gasteiger charge is 2.13. The van der Waals surface area contributed by atoms with Gasteiger partial charge in [-0.15, -0.1) is 0 Å². The van der Waals surface area contributed by atoms with Gasteiger partial charge in [0, 0.05) is 22.9 Å². The molecule has 2 aromatic heterocycles. The predicted molar refractivity (Wildman–Crippen MR) is 156 cm³/mol. The Balaban J connectivity index is 1.24. The highest BCUT2D eigenvalue weighted by Crippen LogP contribution is 2.34. The number of thiocarbonyl (C=S) groups is 1. The summed E-state index contributed by atoms with van der Waals surface area (Å²) in [7, 11) is 0. The first-order valence-corrected chi connectivity index (χ1v) is 12.8. The number of carbonyl (C=O) groups excluding carboxylic acids is 1. The van der Waals surface area contributed by atoms with Crippen molar-refractivity contribution in [3.8, 4) is 22.8 Å². The lowest BCUT2D eigenvalue weighted by molar-refractivity contribution is -0.115. The molecule has 0 aliphatic rings. The maximum atomic E-state index is 12.5. The van der Waals surface area contributed by atoms with E-state index >= 15 is 0 Å². The van der Waals surface area contributed by atoms with Gasteiger partial charge in [-0.25, -0.2) is 4.98 Å². The maximum absolute atomic E-state index is 12.5. The van der Waals surface area contributed by atoms with Crippen molar-refractivity contribution in [2.24, 2.45) is 0 Å². The Kier molecular flexibility index (Phi) is 7.33. The normalized spacial score (nSPS) is 11.3. The maximum Gasteiger partial charge on any atom is 0.250 e. The van der Waals surface area contributed by atoms with Crippen LogP contribution in [0.25, 0.3) is 40.0 Å². The van der Waals surface area contributed by atoms with Crippen LogP contribution >= 0.6 is 35.4 Å². The minimum absolute atomic E-state index is 0.152. The van der Waals surface area contributed by atoms with Crippen LogP contribution in [-0.2, 0) is 4.79 Å². The fourth-order valence-corrected chi connectivity index (χ4v) is 4.40. The zero-order valence-electron chi connectivity index (χ0n) is 20.3. The first-order chi connectivity index (χ1) is 18.3. The smallest absolute Gasteiger partial charge is 0.250 e. The van der Waals surface area contributed by atoms with Gasteiger partial charge in [0.05, 0.1) is 10.0 Å². The summed E-state index contributed by atoms with van der Waals surface area (Å²) < 4.78 is 11.7. The van der Waals surface area contributed by atoms with Crippen LogP contribution in [0.4, 0.5) is 5.69 Å². The molecular weight excluding hydrogens is 541 g/mol. The third-order valence-corrected chi connectivity index (χ3v) is 6.78. The van der Waals surface area contributed by atoms with Crippen LogP contribution in [0.3, 0.4) is 0 Å². The Morgan fingerprint density at radius 2 is 1.84 bits per heavy atom. The van der Waals surface area contributed by atoms with E-state index in [-0.39, 0.29) is 5.11 Å². The molecule has 0 radical (unpaired) electrons. The molecule has 38 heavy (non-hydrogen) atoms. The molecule has 3 aromatic carbocycles. The largest absolute Gasteiger partial charge is 0.457 e. The van der Waals surface area contributed by atoms with Gasteiger partial charge >= 0.3 is 0 Å². The van der Waals surface area contributed by atoms with E-state index in [1.165, 1.54) is 6.08 Å². The summed E-state index contributed by atoms with van der Waals surface area (Å²) >= 11 is 17.7. The molecule has 0 fully saturated rings. The number of hydrogen-bond donors (Lipinski definition) is 2. The van der Waals surface area contributed by atoms with Gasteiger partial charge in [0.1, 0.15) is 17.0 Å². The number of furan rings is 1. The number of oxazole rings is 1. The van der Waals surface area contributed by atoms with Gasteiger partial charge in [-0.2, -0.15) is 0 Å². The molecule has 0 unspecified atom stereocenters. The number of nitrogens with zero attached hydrogens (tertiary/aromatic N) is 1. The zero-order chi connectivity index (χ0) is 26.8. The van der Waals surface area contributed by atoms with E-state index in [2.05, 4.69) is 15.6 Å². The van der Waals surface area contributed by atoms with Crippen LogP contribution in [0.5, 0.6) is 0 Å². The predicted octanol–water partition coefficient (Wildman–Crippen LogP) is 8.20. The first-order valence-electron chi connectivity index (χ1n) is 11.6. The van der Waals surface area contributed by atoms with Crippen LogP contribution in [0.15, 0.2) is 81.6 Å². The van der Waals surface area contributed by atoms with E-state index in [0.717, 1.165) is 33.5 Å². The standard InChI is InChI=1S/C29H21Cl2N3O3S/c1-16-6-11-25-23(14-16)32-28(37-25)18-8-7-17(2)22(15-18)33-29(38)34-26(35)13-10-19-9-12-24(36-19)20-4-3-5-21(30)27(20)31/h3-15H,1-2H3,(H2,33,34,35,38). The van der Waals surface area contributed by atoms with Crippen molar-refractivity contribution in [2.75, 3.05) is 5.32 Å². The van der Waals surface area contributed by atoms with Gasteiger partial charge in [-0.05, 0) is 91.8 Å². The number of hydrogen-bond acceptors (Lipinski definition) is 5. The Hall–Kier alpha value is -3.91. The third-order valence-electron chi connectivity index (χ3n) is 5.76. The quantitative estimate of drug-likeness (QED) is 0.166. The Labute approximate surface area is 234 Å². The number of amides is 1. The first kappa shape index (κ1) is 25.7. The van der Waals surface area contributed by atoms with Crippen molar-refractivity contribution in [1.82, 2.24) is 10.3 Å². The van der Waals surface area contributed by atoms with Crippen molar-refractivity contribution in [3.63, 3.8) is 0 Å². The summed E-state index contributed by atoms with van der Waals surface area (Å²) in [5, 5.41) is 6.70. The van der Waals surface area contributed by atoms with E-state index in [4.69, 9.17) is 44.3 Å². The number of fused-ring (bicyclic) bond motifs is 1. The number of aromatic nitrogens is 1. The van der Waals surface area contributed by atoms with Crippen LogP contribution in [0.1, 0.15) is 16.9 Å². The number of nitrogens with one attached hydrogen (secondary N) is 2. The van der Waals surface area contributed by atoms with Gasteiger partial charge in [-0.3, -0.25) is 10.1 Å². The van der Waals surface area contributed by atoms with Crippen LogP contribution < -0.4 is 10.6 Å². The fraction of sp³-hybridized carbons (Fsp3) is 0.0690. The molecule has 0 spiro atoms. The van der Waals surface area contributed by atoms with Crippen molar-refractivity contribution in [2.45, 2.75) is 13.8 Å². The summed E-state index contributed by atoms with van der Waals surface area (Å²) in [6.07, 6.45) is 2.88. The number of benzene rings is 3. The molecular formula is C29H21Cl2N3O3S. The van der Waals surface area contributed by atoms with E-state index in [9.17, 15) is 4.79 Å². The second kappa shape index (κ2) is 10.8. The van der Waals surface area contributed by atoms with Crippen molar-refractivity contribution in [3.05, 3.63) is 99.7 Å². The highest BCUT2D eigenvalue weighted by atomic mass is 35.5. The molecule has 1 amide bonds. The molecule has 6 nitrogen and oxygen atoms in total. The van der Waals surface area contributed by atoms with E-state index < -0.39 is 5.91 Å². The molecule has 2 heterocycles. The van der Waals surface area contributed by atoms with E-state index in [0.29, 0.717) is 33.0 Å². The van der Waals surface area contributed by atoms with Crippen LogP contribution in [0.2, 0.25) is 10.0 Å². The van der Waals surface area contributed by atoms with Crippen molar-refractivity contribution in [1.29, 1.82) is 0 Å². The lowest BCUT2D eigenvalue weighted by Crippen LogP contribution is -2.33. The lowest BCUT2D eigenvalue weighted by atomic mass is 10.1. The number of halogens is 2. The molecule has 5 aromatic rings. The fourth-order valence-electron chi connectivity index (χ4n) is 3.80. The monoisotopic (exact) mass is 561 g/mol. The Morgan fingerprint density at radius 1 is 1.00 bits per heavy atom. The molecule has 190 valence electrons. The summed E-state index contributed by atoms with van der Waals surface area (Å²) in [5.41, 5.74) is 5.74. The summed E-state index contributed by atoms with van der Waals surface area (Å²) in [4.78, 5) is 17.1. The Bertz CT molecular complexity index is 1720. The number of aryl methyl sites for hydroxylation is 2. The second-order valence-electron chi connectivity index (χ2n) is 8.60. The molecule has 9 heteroatoms. The van der Waals surface area contributed by atoms with E-state index in [1.807, 2.05) is 50.2 Å². The summed E-state index contributed by atoms with van der Waals surface area (Å²) in [5.74, 6) is 1.11. The average Bonchev–Trinajstić information content (AvgIpc) is 3.52. The summed E-state index contributed by atoms with van der Waals surface area (Å²) in [6.45, 7) is 3.95. The van der Waals surface area contributed by atoms with Gasteiger partial charge in [0.25, 0.3) is 0 Å². The van der Waals surface area contributed by atoms with Gasteiger partial charge in [0.15, 0.2) is 10.7 Å². The number of carbonyl (C=O) groups is 1. The van der Waals surface area contributed by atoms with E-state index in [1.54, 1.807) is 36.4 Å². The molecule has 0 aliphatic carbocycles.